The monoisotopic (exact) mass is 265 g/mol. The Morgan fingerprint density at radius 2 is 2.20 bits per heavy atom. The van der Waals surface area contributed by atoms with Gasteiger partial charge in [-0.3, -0.25) is 0 Å². The first-order chi connectivity index (χ1) is 9.81. The molecule has 2 aromatic heterocycles. The Morgan fingerprint density at radius 1 is 1.30 bits per heavy atom. The van der Waals surface area contributed by atoms with Crippen molar-refractivity contribution in [2.75, 3.05) is 5.32 Å². The molecule has 0 amide bonds. The highest BCUT2D eigenvalue weighted by atomic mass is 15.4. The fraction of sp³-hybridized carbons (Fsp3) is 0.267. The smallest absolute Gasteiger partial charge is 0.254 e. The van der Waals surface area contributed by atoms with Crippen LogP contribution in [0, 0.1) is 6.92 Å². The van der Waals surface area contributed by atoms with Gasteiger partial charge in [-0.2, -0.15) is 14.6 Å². The van der Waals surface area contributed by atoms with Crippen molar-refractivity contribution in [2.24, 2.45) is 0 Å². The van der Waals surface area contributed by atoms with Crippen molar-refractivity contribution in [3.8, 4) is 0 Å². The predicted molar refractivity (Wildman–Crippen MR) is 76.6 cm³/mol. The standard InChI is InChI=1S/C15H15N5/c1-10-8-14(20-15(18-10)16-9-17-20)19-13-7-6-11-4-2-3-5-12(11)13/h2-5,8-9,13,19H,6-7H2,1H3. The number of benzene rings is 1. The summed E-state index contributed by atoms with van der Waals surface area (Å²) in [7, 11) is 0. The van der Waals surface area contributed by atoms with Crippen LogP contribution in [0.2, 0.25) is 0 Å². The zero-order chi connectivity index (χ0) is 13.5. The molecule has 1 N–H and O–H groups in total. The Balaban J connectivity index is 1.74. The fourth-order valence-corrected chi connectivity index (χ4v) is 2.92. The summed E-state index contributed by atoms with van der Waals surface area (Å²) < 4.78 is 1.76. The number of anilines is 1. The molecule has 0 radical (unpaired) electrons. The molecule has 0 bridgehead atoms. The van der Waals surface area contributed by atoms with Crippen molar-refractivity contribution < 1.29 is 0 Å². The highest BCUT2D eigenvalue weighted by Gasteiger charge is 2.22. The van der Waals surface area contributed by atoms with Crippen LogP contribution in [-0.4, -0.2) is 19.6 Å². The van der Waals surface area contributed by atoms with Crippen molar-refractivity contribution in [1.29, 1.82) is 0 Å². The van der Waals surface area contributed by atoms with Crippen molar-refractivity contribution in [2.45, 2.75) is 25.8 Å². The van der Waals surface area contributed by atoms with Gasteiger partial charge in [0.1, 0.15) is 12.1 Å². The number of hydrogen-bond acceptors (Lipinski definition) is 4. The lowest BCUT2D eigenvalue weighted by Crippen LogP contribution is -2.11. The van der Waals surface area contributed by atoms with E-state index in [9.17, 15) is 0 Å². The Labute approximate surface area is 116 Å². The molecule has 1 aliphatic rings. The van der Waals surface area contributed by atoms with Crippen molar-refractivity contribution in [3.63, 3.8) is 0 Å². The summed E-state index contributed by atoms with van der Waals surface area (Å²) >= 11 is 0. The molecule has 2 heterocycles. The van der Waals surface area contributed by atoms with Crippen LogP contribution in [0.25, 0.3) is 5.78 Å². The van der Waals surface area contributed by atoms with E-state index in [4.69, 9.17) is 0 Å². The van der Waals surface area contributed by atoms with E-state index in [0.29, 0.717) is 11.8 Å². The summed E-state index contributed by atoms with van der Waals surface area (Å²) in [4.78, 5) is 8.52. The highest BCUT2D eigenvalue weighted by Crippen LogP contribution is 2.33. The van der Waals surface area contributed by atoms with Gasteiger partial charge in [0.15, 0.2) is 0 Å². The number of aryl methyl sites for hydroxylation is 2. The number of fused-ring (bicyclic) bond motifs is 2. The Bertz CT molecular complexity index is 777. The van der Waals surface area contributed by atoms with Crippen molar-refractivity contribution in [1.82, 2.24) is 19.6 Å². The second kappa shape index (κ2) is 4.30. The molecule has 100 valence electrons. The lowest BCUT2D eigenvalue weighted by atomic mass is 10.1. The van der Waals surface area contributed by atoms with Crippen LogP contribution in [0.1, 0.15) is 29.3 Å². The van der Waals surface area contributed by atoms with Crippen LogP contribution in [-0.2, 0) is 6.42 Å². The van der Waals surface area contributed by atoms with Crippen LogP contribution in [0.4, 0.5) is 5.82 Å². The quantitative estimate of drug-likeness (QED) is 0.773. The molecular formula is C15H15N5. The summed E-state index contributed by atoms with van der Waals surface area (Å²) in [6.45, 7) is 1.97. The lowest BCUT2D eigenvalue weighted by Gasteiger charge is -2.16. The van der Waals surface area contributed by atoms with Crippen LogP contribution in [0.5, 0.6) is 0 Å². The van der Waals surface area contributed by atoms with Gasteiger partial charge in [-0.25, -0.2) is 4.98 Å². The van der Waals surface area contributed by atoms with Crippen molar-refractivity contribution in [3.05, 3.63) is 53.5 Å². The molecule has 3 aromatic rings. The summed E-state index contributed by atoms with van der Waals surface area (Å²) in [5.74, 6) is 1.59. The molecule has 5 heteroatoms. The topological polar surface area (TPSA) is 55.1 Å². The van der Waals surface area contributed by atoms with Crippen LogP contribution < -0.4 is 5.32 Å². The second-order valence-electron chi connectivity index (χ2n) is 5.19. The Hall–Kier alpha value is -2.43. The lowest BCUT2D eigenvalue weighted by molar-refractivity contribution is 0.746. The predicted octanol–water partition coefficient (Wildman–Crippen LogP) is 2.53. The normalized spacial score (nSPS) is 17.4. The largest absolute Gasteiger partial charge is 0.363 e. The van der Waals surface area contributed by atoms with E-state index in [0.717, 1.165) is 24.4 Å². The van der Waals surface area contributed by atoms with E-state index in [1.807, 2.05) is 13.0 Å². The van der Waals surface area contributed by atoms with Crippen LogP contribution in [0.15, 0.2) is 36.7 Å². The van der Waals surface area contributed by atoms with Gasteiger partial charge in [0, 0.05) is 11.8 Å². The van der Waals surface area contributed by atoms with E-state index in [-0.39, 0.29) is 0 Å². The van der Waals surface area contributed by atoms with Crippen LogP contribution >= 0.6 is 0 Å². The minimum absolute atomic E-state index is 0.334. The average Bonchev–Trinajstić information content (AvgIpc) is 3.06. The van der Waals surface area contributed by atoms with E-state index in [2.05, 4.69) is 44.6 Å². The number of aromatic nitrogens is 4. The van der Waals surface area contributed by atoms with Gasteiger partial charge < -0.3 is 5.32 Å². The second-order valence-corrected chi connectivity index (χ2v) is 5.19. The molecule has 4 rings (SSSR count). The van der Waals surface area contributed by atoms with E-state index < -0.39 is 0 Å². The SMILES string of the molecule is Cc1cc(NC2CCc3ccccc32)n2ncnc2n1. The molecule has 20 heavy (non-hydrogen) atoms. The molecule has 0 saturated carbocycles. The minimum Gasteiger partial charge on any atom is -0.363 e. The summed E-state index contributed by atoms with van der Waals surface area (Å²) in [6, 6.07) is 11.0. The highest BCUT2D eigenvalue weighted by molar-refractivity contribution is 5.48. The maximum absolute atomic E-state index is 4.36. The summed E-state index contributed by atoms with van der Waals surface area (Å²) in [5, 5.41) is 7.83. The van der Waals surface area contributed by atoms with Crippen LogP contribution in [0.3, 0.4) is 0 Å². The number of rotatable bonds is 2. The third kappa shape index (κ3) is 1.74. The average molecular weight is 265 g/mol. The van der Waals surface area contributed by atoms with E-state index in [1.165, 1.54) is 17.5 Å². The first-order valence-corrected chi connectivity index (χ1v) is 6.83. The maximum Gasteiger partial charge on any atom is 0.254 e. The molecule has 1 aromatic carbocycles. The van der Waals surface area contributed by atoms with Gasteiger partial charge in [-0.05, 0) is 30.9 Å². The molecule has 1 aliphatic carbocycles. The first kappa shape index (κ1) is 11.4. The molecule has 0 saturated heterocycles. The van der Waals surface area contributed by atoms with Gasteiger partial charge in [-0.15, -0.1) is 0 Å². The third-order valence-electron chi connectivity index (χ3n) is 3.83. The first-order valence-electron chi connectivity index (χ1n) is 6.83. The molecule has 1 unspecified atom stereocenters. The molecular weight excluding hydrogens is 250 g/mol. The molecule has 0 fully saturated rings. The molecule has 0 aliphatic heterocycles. The zero-order valence-electron chi connectivity index (χ0n) is 11.2. The van der Waals surface area contributed by atoms with Crippen molar-refractivity contribution >= 4 is 11.6 Å². The van der Waals surface area contributed by atoms with Gasteiger partial charge in [0.2, 0.25) is 0 Å². The minimum atomic E-state index is 0.334. The van der Waals surface area contributed by atoms with E-state index in [1.54, 1.807) is 4.52 Å². The van der Waals surface area contributed by atoms with E-state index >= 15 is 0 Å². The molecule has 5 nitrogen and oxygen atoms in total. The molecule has 1 atom stereocenters. The summed E-state index contributed by atoms with van der Waals surface area (Å²) in [5.41, 5.74) is 3.76. The number of nitrogens with one attached hydrogen (secondary N) is 1. The number of hydrogen-bond donors (Lipinski definition) is 1. The fourth-order valence-electron chi connectivity index (χ4n) is 2.92. The zero-order valence-corrected chi connectivity index (χ0v) is 11.2. The Kier molecular flexibility index (Phi) is 2.45. The number of nitrogens with zero attached hydrogens (tertiary/aromatic N) is 4. The summed E-state index contributed by atoms with van der Waals surface area (Å²) in [6.07, 6.45) is 3.77. The van der Waals surface area contributed by atoms with Gasteiger partial charge in [0.05, 0.1) is 6.04 Å². The molecule has 0 spiro atoms. The Morgan fingerprint density at radius 3 is 3.15 bits per heavy atom. The van der Waals surface area contributed by atoms with Gasteiger partial charge in [0.25, 0.3) is 5.78 Å². The maximum atomic E-state index is 4.36. The van der Waals surface area contributed by atoms with Gasteiger partial charge >= 0.3 is 0 Å². The third-order valence-corrected chi connectivity index (χ3v) is 3.83. The van der Waals surface area contributed by atoms with Gasteiger partial charge in [-0.1, -0.05) is 24.3 Å².